The lowest BCUT2D eigenvalue weighted by Crippen LogP contribution is -2.33. The van der Waals surface area contributed by atoms with Crippen LogP contribution in [0, 0.1) is 0 Å². The van der Waals surface area contributed by atoms with Gasteiger partial charge in [-0.1, -0.05) is 33.1 Å². The normalized spacial score (nSPS) is 16.0. The molecule has 0 bridgehead atoms. The van der Waals surface area contributed by atoms with E-state index < -0.39 is 0 Å². The zero-order valence-corrected chi connectivity index (χ0v) is 9.19. The Bertz CT molecular complexity index is 91.0. The first-order chi connectivity index (χ1) is 5.70. The highest BCUT2D eigenvalue weighted by atomic mass is 14.9. The van der Waals surface area contributed by atoms with Gasteiger partial charge in [-0.3, -0.25) is 0 Å². The molecular formula is C11H25N. The van der Waals surface area contributed by atoms with E-state index in [2.05, 4.69) is 33.0 Å². The Kier molecular flexibility index (Phi) is 7.58. The van der Waals surface area contributed by atoms with Crippen molar-refractivity contribution in [1.82, 2.24) is 5.32 Å². The average Bonchev–Trinajstić information content (AvgIpc) is 2.05. The number of hydrogen-bond acceptors (Lipinski definition) is 1. The minimum Gasteiger partial charge on any atom is -0.312 e. The summed E-state index contributed by atoms with van der Waals surface area (Å²) in [5, 5.41) is 3.59. The topological polar surface area (TPSA) is 12.0 Å². The molecule has 0 saturated carbocycles. The van der Waals surface area contributed by atoms with Crippen LogP contribution in [0.15, 0.2) is 0 Å². The van der Waals surface area contributed by atoms with Crippen LogP contribution in [-0.4, -0.2) is 12.1 Å². The summed E-state index contributed by atoms with van der Waals surface area (Å²) < 4.78 is 0. The van der Waals surface area contributed by atoms with Gasteiger partial charge in [0.2, 0.25) is 0 Å². The van der Waals surface area contributed by atoms with Crippen molar-refractivity contribution in [2.24, 2.45) is 0 Å². The van der Waals surface area contributed by atoms with Gasteiger partial charge in [-0.15, -0.1) is 0 Å². The molecule has 0 aliphatic rings. The van der Waals surface area contributed by atoms with Crippen LogP contribution in [0.1, 0.15) is 59.8 Å². The van der Waals surface area contributed by atoms with Crippen LogP contribution in [0.5, 0.6) is 0 Å². The molecule has 1 heteroatoms. The molecule has 0 aromatic heterocycles. The molecule has 0 aliphatic heterocycles. The summed E-state index contributed by atoms with van der Waals surface area (Å²) in [6.45, 7) is 9.04. The third-order valence-electron chi connectivity index (χ3n) is 2.42. The summed E-state index contributed by atoms with van der Waals surface area (Å²) in [5.74, 6) is 0. The lowest BCUT2D eigenvalue weighted by molar-refractivity contribution is 0.425. The predicted octanol–water partition coefficient (Wildman–Crippen LogP) is 3.34. The van der Waals surface area contributed by atoms with Crippen LogP contribution in [0.4, 0.5) is 0 Å². The fourth-order valence-corrected chi connectivity index (χ4v) is 1.39. The highest BCUT2D eigenvalue weighted by molar-refractivity contribution is 4.65. The fourth-order valence-electron chi connectivity index (χ4n) is 1.39. The van der Waals surface area contributed by atoms with E-state index in [1.54, 1.807) is 0 Å². The molecule has 0 aliphatic carbocycles. The predicted molar refractivity (Wildman–Crippen MR) is 56.5 cm³/mol. The molecule has 1 unspecified atom stereocenters. The largest absolute Gasteiger partial charge is 0.312 e. The van der Waals surface area contributed by atoms with Crippen LogP contribution < -0.4 is 5.32 Å². The summed E-state index contributed by atoms with van der Waals surface area (Å²) in [6.07, 6.45) is 6.65. The summed E-state index contributed by atoms with van der Waals surface area (Å²) in [4.78, 5) is 0. The molecule has 1 N–H and O–H groups in total. The highest BCUT2D eigenvalue weighted by Crippen LogP contribution is 2.04. The van der Waals surface area contributed by atoms with Crippen molar-refractivity contribution < 1.29 is 0 Å². The second-order valence-corrected chi connectivity index (χ2v) is 3.87. The van der Waals surface area contributed by atoms with Crippen LogP contribution in [0.3, 0.4) is 0 Å². The van der Waals surface area contributed by atoms with Crippen molar-refractivity contribution in [2.75, 3.05) is 0 Å². The third kappa shape index (κ3) is 6.66. The molecule has 0 radical (unpaired) electrons. The molecule has 0 amide bonds. The SMILES string of the molecule is CCCCC[C@H](C)NC(C)CC. The molecule has 0 rings (SSSR count). The first-order valence-electron chi connectivity index (χ1n) is 5.46. The lowest BCUT2D eigenvalue weighted by atomic mass is 10.1. The van der Waals surface area contributed by atoms with E-state index in [9.17, 15) is 0 Å². The van der Waals surface area contributed by atoms with Gasteiger partial charge >= 0.3 is 0 Å². The fraction of sp³-hybridized carbons (Fsp3) is 1.00. The maximum atomic E-state index is 3.59. The maximum absolute atomic E-state index is 3.59. The van der Waals surface area contributed by atoms with Gasteiger partial charge in [0, 0.05) is 12.1 Å². The number of nitrogens with one attached hydrogen (secondary N) is 1. The van der Waals surface area contributed by atoms with E-state index in [-0.39, 0.29) is 0 Å². The van der Waals surface area contributed by atoms with Gasteiger partial charge in [0.05, 0.1) is 0 Å². The molecule has 12 heavy (non-hydrogen) atoms. The van der Waals surface area contributed by atoms with Crippen LogP contribution in [-0.2, 0) is 0 Å². The van der Waals surface area contributed by atoms with E-state index in [4.69, 9.17) is 0 Å². The minimum atomic E-state index is 0.682. The van der Waals surface area contributed by atoms with Gasteiger partial charge in [-0.25, -0.2) is 0 Å². The van der Waals surface area contributed by atoms with Crippen LogP contribution in [0.25, 0.3) is 0 Å². The summed E-state index contributed by atoms with van der Waals surface area (Å²) >= 11 is 0. The standard InChI is InChI=1S/C11H25N/c1-5-7-8-9-11(4)12-10(3)6-2/h10-12H,5-9H2,1-4H3/t10?,11-/m0/s1. The zero-order valence-electron chi connectivity index (χ0n) is 9.19. The molecule has 0 fully saturated rings. The Balaban J connectivity index is 3.26. The monoisotopic (exact) mass is 171 g/mol. The molecule has 1 nitrogen and oxygen atoms in total. The summed E-state index contributed by atoms with van der Waals surface area (Å²) in [7, 11) is 0. The molecular weight excluding hydrogens is 146 g/mol. The van der Waals surface area contributed by atoms with Crippen LogP contribution >= 0.6 is 0 Å². The molecule has 2 atom stereocenters. The Labute approximate surface area is 77.9 Å². The Morgan fingerprint density at radius 1 is 1.00 bits per heavy atom. The van der Waals surface area contributed by atoms with E-state index in [0.29, 0.717) is 12.1 Å². The minimum absolute atomic E-state index is 0.682. The van der Waals surface area contributed by atoms with Crippen molar-refractivity contribution in [3.63, 3.8) is 0 Å². The Hall–Kier alpha value is -0.0400. The molecule has 0 aromatic carbocycles. The quantitative estimate of drug-likeness (QED) is 0.579. The molecule has 74 valence electrons. The summed E-state index contributed by atoms with van der Waals surface area (Å²) in [6, 6.07) is 1.38. The van der Waals surface area contributed by atoms with E-state index >= 15 is 0 Å². The van der Waals surface area contributed by atoms with Crippen molar-refractivity contribution >= 4 is 0 Å². The second kappa shape index (κ2) is 7.60. The van der Waals surface area contributed by atoms with Gasteiger partial charge in [-0.2, -0.15) is 0 Å². The van der Waals surface area contributed by atoms with Crippen molar-refractivity contribution in [2.45, 2.75) is 71.9 Å². The molecule has 0 aromatic rings. The highest BCUT2D eigenvalue weighted by Gasteiger charge is 2.03. The number of hydrogen-bond donors (Lipinski definition) is 1. The van der Waals surface area contributed by atoms with E-state index in [0.717, 1.165) is 0 Å². The average molecular weight is 171 g/mol. The number of rotatable bonds is 7. The first-order valence-corrected chi connectivity index (χ1v) is 5.46. The smallest absolute Gasteiger partial charge is 0.00411 e. The van der Waals surface area contributed by atoms with Gasteiger partial charge < -0.3 is 5.32 Å². The van der Waals surface area contributed by atoms with Crippen LogP contribution in [0.2, 0.25) is 0 Å². The molecule has 0 heterocycles. The van der Waals surface area contributed by atoms with E-state index in [1.165, 1.54) is 32.1 Å². The second-order valence-electron chi connectivity index (χ2n) is 3.87. The van der Waals surface area contributed by atoms with E-state index in [1.807, 2.05) is 0 Å². The van der Waals surface area contributed by atoms with Gasteiger partial charge in [-0.05, 0) is 26.7 Å². The maximum Gasteiger partial charge on any atom is 0.00411 e. The Morgan fingerprint density at radius 3 is 2.17 bits per heavy atom. The van der Waals surface area contributed by atoms with Gasteiger partial charge in [0.25, 0.3) is 0 Å². The molecule has 0 saturated heterocycles. The van der Waals surface area contributed by atoms with Crippen molar-refractivity contribution in [1.29, 1.82) is 0 Å². The number of unbranched alkanes of at least 4 members (excludes halogenated alkanes) is 2. The zero-order chi connectivity index (χ0) is 9.40. The summed E-state index contributed by atoms with van der Waals surface area (Å²) in [5.41, 5.74) is 0. The first kappa shape index (κ1) is 12.0. The van der Waals surface area contributed by atoms with Crippen molar-refractivity contribution in [3.8, 4) is 0 Å². The van der Waals surface area contributed by atoms with Gasteiger partial charge in [0.15, 0.2) is 0 Å². The molecule has 0 spiro atoms. The van der Waals surface area contributed by atoms with Crippen molar-refractivity contribution in [3.05, 3.63) is 0 Å². The Morgan fingerprint density at radius 2 is 1.67 bits per heavy atom. The third-order valence-corrected chi connectivity index (χ3v) is 2.42. The van der Waals surface area contributed by atoms with Gasteiger partial charge in [0.1, 0.15) is 0 Å². The lowest BCUT2D eigenvalue weighted by Gasteiger charge is -2.18.